The maximum absolute atomic E-state index is 12.9. The summed E-state index contributed by atoms with van der Waals surface area (Å²) in [5.41, 5.74) is 3.85. The van der Waals surface area contributed by atoms with E-state index in [4.69, 9.17) is 0 Å². The fourth-order valence-corrected chi connectivity index (χ4v) is 2.41. The fourth-order valence-electron chi connectivity index (χ4n) is 2.41. The van der Waals surface area contributed by atoms with Crippen molar-refractivity contribution in [2.24, 2.45) is 0 Å². The molecule has 0 aliphatic rings. The summed E-state index contributed by atoms with van der Waals surface area (Å²) >= 11 is 0. The first kappa shape index (κ1) is 20.9. The molecule has 0 radical (unpaired) electrons. The lowest BCUT2D eigenvalue weighted by Crippen LogP contribution is -2.32. The Morgan fingerprint density at radius 2 is 1.68 bits per heavy atom. The molecule has 1 nitrogen and oxygen atoms in total. The zero-order valence-electron chi connectivity index (χ0n) is 15.2. The van der Waals surface area contributed by atoms with Crippen molar-refractivity contribution in [3.05, 3.63) is 41.5 Å². The Balaban J connectivity index is 0.00000135. The summed E-state index contributed by atoms with van der Waals surface area (Å²) in [4.78, 5) is 0. The largest absolute Gasteiger partial charge is 0.314 e. The number of likely N-dealkylation sites (N-methyl/N-ethyl adjacent to an activating group) is 1. The van der Waals surface area contributed by atoms with Crippen LogP contribution in [0.1, 0.15) is 70.9 Å². The van der Waals surface area contributed by atoms with Gasteiger partial charge >= 0.3 is 0 Å². The number of rotatable bonds is 7. The third-order valence-corrected chi connectivity index (χ3v) is 3.78. The zero-order chi connectivity index (χ0) is 17.0. The first-order chi connectivity index (χ1) is 10.6. The van der Waals surface area contributed by atoms with E-state index in [0.717, 1.165) is 12.8 Å². The molecule has 2 unspecified atom stereocenters. The van der Waals surface area contributed by atoms with E-state index in [1.807, 2.05) is 7.05 Å². The summed E-state index contributed by atoms with van der Waals surface area (Å²) in [6.45, 7) is 10.3. The van der Waals surface area contributed by atoms with Crippen LogP contribution in [0.3, 0.4) is 0 Å². The molecular weight excluding hydrogens is 273 g/mol. The van der Waals surface area contributed by atoms with Crippen molar-refractivity contribution < 1.29 is 4.39 Å². The first-order valence-electron chi connectivity index (χ1n) is 8.61. The molecule has 0 aliphatic carbocycles. The Kier molecular flexibility index (Phi) is 11.8. The predicted octanol–water partition coefficient (Wildman–Crippen LogP) is 5.97. The molecule has 1 rings (SSSR count). The minimum Gasteiger partial charge on any atom is -0.314 e. The van der Waals surface area contributed by atoms with Crippen molar-refractivity contribution in [2.75, 3.05) is 13.7 Å². The van der Waals surface area contributed by atoms with Gasteiger partial charge in [0.1, 0.15) is 6.67 Å². The van der Waals surface area contributed by atoms with Crippen molar-refractivity contribution in [2.45, 2.75) is 65.8 Å². The van der Waals surface area contributed by atoms with Crippen LogP contribution in [-0.2, 0) is 0 Å². The molecule has 0 fully saturated rings. The van der Waals surface area contributed by atoms with Gasteiger partial charge in [-0.1, -0.05) is 71.4 Å². The highest BCUT2D eigenvalue weighted by Gasteiger charge is 2.16. The van der Waals surface area contributed by atoms with Gasteiger partial charge in [0.15, 0.2) is 0 Å². The molecule has 22 heavy (non-hydrogen) atoms. The summed E-state index contributed by atoms with van der Waals surface area (Å²) in [6, 6.07) is 8.45. The van der Waals surface area contributed by atoms with Gasteiger partial charge in [0, 0.05) is 6.04 Å². The molecule has 1 N–H and O–H groups in total. The van der Waals surface area contributed by atoms with Crippen molar-refractivity contribution >= 4 is 5.57 Å². The second-order valence-electron chi connectivity index (χ2n) is 5.66. The number of alkyl halides is 1. The Morgan fingerprint density at radius 1 is 1.14 bits per heavy atom. The van der Waals surface area contributed by atoms with E-state index in [2.05, 4.69) is 70.3 Å². The van der Waals surface area contributed by atoms with Gasteiger partial charge in [-0.15, -0.1) is 0 Å². The first-order valence-corrected chi connectivity index (χ1v) is 8.61. The molecule has 1 aromatic rings. The number of hydrogen-bond donors (Lipinski definition) is 1. The zero-order valence-corrected chi connectivity index (χ0v) is 15.2. The van der Waals surface area contributed by atoms with Crippen LogP contribution < -0.4 is 5.32 Å². The van der Waals surface area contributed by atoms with Crippen molar-refractivity contribution in [3.63, 3.8) is 0 Å². The lowest BCUT2D eigenvalue weighted by atomic mass is 9.92. The third kappa shape index (κ3) is 6.74. The minimum atomic E-state index is -0.338. The molecule has 0 saturated heterocycles. The van der Waals surface area contributed by atoms with Crippen LogP contribution in [0.4, 0.5) is 4.39 Å². The smallest absolute Gasteiger partial charge is 0.105 e. The van der Waals surface area contributed by atoms with Gasteiger partial charge in [0.2, 0.25) is 0 Å². The van der Waals surface area contributed by atoms with Gasteiger partial charge in [-0.25, -0.2) is 4.39 Å². The molecule has 2 atom stereocenters. The van der Waals surface area contributed by atoms with Crippen LogP contribution >= 0.6 is 0 Å². The molecule has 1 aromatic carbocycles. The van der Waals surface area contributed by atoms with E-state index >= 15 is 0 Å². The van der Waals surface area contributed by atoms with Gasteiger partial charge < -0.3 is 5.32 Å². The van der Waals surface area contributed by atoms with E-state index < -0.39 is 0 Å². The minimum absolute atomic E-state index is 0.109. The second-order valence-corrected chi connectivity index (χ2v) is 5.66. The molecule has 0 heterocycles. The van der Waals surface area contributed by atoms with E-state index in [0.29, 0.717) is 0 Å². The summed E-state index contributed by atoms with van der Waals surface area (Å²) in [5, 5.41) is 3.03. The van der Waals surface area contributed by atoms with Crippen molar-refractivity contribution in [3.8, 4) is 0 Å². The number of nitrogens with one attached hydrogen (secondary N) is 1. The SMILES string of the molecule is CC/C=C(\CC)c1ccc(C(C)C(CF)NC)cc1.CCC. The average Bonchev–Trinajstić information content (AvgIpc) is 2.54. The van der Waals surface area contributed by atoms with Crippen LogP contribution in [0.5, 0.6) is 0 Å². The van der Waals surface area contributed by atoms with E-state index in [1.165, 1.54) is 23.1 Å². The number of allylic oxidation sites excluding steroid dienone is 2. The number of halogens is 1. The Bertz CT molecular complexity index is 404. The quantitative estimate of drug-likeness (QED) is 0.654. The normalized spacial score (nSPS) is 14.0. The molecule has 0 aliphatic heterocycles. The average molecular weight is 307 g/mol. The van der Waals surface area contributed by atoms with Gasteiger partial charge in [-0.2, -0.15) is 0 Å². The van der Waals surface area contributed by atoms with Crippen molar-refractivity contribution in [1.82, 2.24) is 5.32 Å². The Hall–Kier alpha value is -1.15. The van der Waals surface area contributed by atoms with E-state index in [1.54, 1.807) is 0 Å². The standard InChI is InChI=1S/C17H26FN.C3H8/c1-5-7-14(6-2)16-10-8-15(9-11-16)13(3)17(12-18)19-4;1-3-2/h7-11,13,17,19H,5-6,12H2,1-4H3;3H2,1-2H3/b14-7+;. The highest BCUT2D eigenvalue weighted by atomic mass is 19.1. The summed E-state index contributed by atoms with van der Waals surface area (Å²) < 4.78 is 12.9. The fraction of sp³-hybridized carbons (Fsp3) is 0.600. The third-order valence-electron chi connectivity index (χ3n) is 3.78. The topological polar surface area (TPSA) is 12.0 Å². The van der Waals surface area contributed by atoms with Crippen LogP contribution in [0.15, 0.2) is 30.3 Å². The number of hydrogen-bond acceptors (Lipinski definition) is 1. The Labute approximate surface area is 137 Å². The van der Waals surface area contributed by atoms with Crippen LogP contribution in [-0.4, -0.2) is 19.8 Å². The highest BCUT2D eigenvalue weighted by molar-refractivity contribution is 5.65. The van der Waals surface area contributed by atoms with E-state index in [-0.39, 0.29) is 18.6 Å². The summed E-state index contributed by atoms with van der Waals surface area (Å²) in [6.07, 6.45) is 5.63. The molecule has 2 heteroatoms. The van der Waals surface area contributed by atoms with Gasteiger partial charge in [0.25, 0.3) is 0 Å². The molecule has 0 bridgehead atoms. The lowest BCUT2D eigenvalue weighted by molar-refractivity contribution is 0.357. The summed E-state index contributed by atoms with van der Waals surface area (Å²) in [5.74, 6) is 0.185. The van der Waals surface area contributed by atoms with E-state index in [9.17, 15) is 4.39 Å². The van der Waals surface area contributed by atoms with Crippen LogP contribution in [0.25, 0.3) is 5.57 Å². The molecule has 0 spiro atoms. The van der Waals surface area contributed by atoms with Crippen molar-refractivity contribution in [1.29, 1.82) is 0 Å². The maximum Gasteiger partial charge on any atom is 0.105 e. The molecular formula is C20H34FN. The van der Waals surface area contributed by atoms with Gasteiger partial charge in [-0.05, 0) is 42.5 Å². The van der Waals surface area contributed by atoms with Crippen LogP contribution in [0, 0.1) is 0 Å². The summed E-state index contributed by atoms with van der Waals surface area (Å²) in [7, 11) is 1.81. The Morgan fingerprint density at radius 3 is 2.05 bits per heavy atom. The highest BCUT2D eigenvalue weighted by Crippen LogP contribution is 2.24. The monoisotopic (exact) mass is 307 g/mol. The molecule has 0 amide bonds. The lowest BCUT2D eigenvalue weighted by Gasteiger charge is -2.21. The second kappa shape index (κ2) is 12.4. The number of benzene rings is 1. The molecule has 0 aromatic heterocycles. The van der Waals surface area contributed by atoms with Crippen LogP contribution in [0.2, 0.25) is 0 Å². The maximum atomic E-state index is 12.9. The molecule has 126 valence electrons. The molecule has 0 saturated carbocycles. The van der Waals surface area contributed by atoms with Gasteiger partial charge in [0.05, 0.1) is 0 Å². The van der Waals surface area contributed by atoms with Gasteiger partial charge in [-0.3, -0.25) is 0 Å². The predicted molar refractivity (Wildman–Crippen MR) is 98.2 cm³/mol.